The van der Waals surface area contributed by atoms with Crippen molar-refractivity contribution in [2.45, 2.75) is 6.42 Å². The van der Waals surface area contributed by atoms with Crippen LogP contribution >= 0.6 is 0 Å². The molecule has 4 nitrogen and oxygen atoms in total. The first-order chi connectivity index (χ1) is 10.4. The molecule has 0 bridgehead atoms. The zero-order valence-corrected chi connectivity index (χ0v) is 9.50. The molecule has 0 atom stereocenters. The Labute approximate surface area is 111 Å². The molecule has 2 aromatic rings. The van der Waals surface area contributed by atoms with Gasteiger partial charge in [-0.1, -0.05) is 42.5 Å². The third kappa shape index (κ3) is 1.86. The van der Waals surface area contributed by atoms with Gasteiger partial charge in [0.15, 0.2) is 0 Å². The third-order valence-electron chi connectivity index (χ3n) is 2.90. The highest BCUT2D eigenvalue weighted by molar-refractivity contribution is 5.92. The highest BCUT2D eigenvalue weighted by atomic mass is 16.3. The maximum Gasteiger partial charge on any atom is 0.127 e. The van der Waals surface area contributed by atoms with Crippen LogP contribution in [0, 0.1) is 4.91 Å². The lowest BCUT2D eigenvalue weighted by Crippen LogP contribution is -2.23. The van der Waals surface area contributed by atoms with E-state index in [4.69, 9.17) is 5.48 Å². The summed E-state index contributed by atoms with van der Waals surface area (Å²) in [4.78, 5) is 14.7. The minimum absolute atomic E-state index is 0.0126. The van der Waals surface area contributed by atoms with Crippen molar-refractivity contribution < 1.29 is 5.48 Å². The standard InChI is InChI=1S/C14H13N3O/c18-16-17-9-8-15-14(17)10-12-6-3-5-11-4-1-2-7-13(11)12/h1-7H,8-10H2/i8D2,9D2. The third-order valence-corrected chi connectivity index (χ3v) is 2.90. The van der Waals surface area contributed by atoms with Crippen LogP contribution in [0.15, 0.2) is 52.7 Å². The van der Waals surface area contributed by atoms with Crippen molar-refractivity contribution in [3.05, 3.63) is 52.9 Å². The lowest BCUT2D eigenvalue weighted by molar-refractivity contribution is 0.476. The molecule has 1 aliphatic rings. The average Bonchev–Trinajstić information content (AvgIpc) is 2.64. The van der Waals surface area contributed by atoms with E-state index in [9.17, 15) is 4.91 Å². The fourth-order valence-corrected chi connectivity index (χ4v) is 2.05. The number of nitrogens with zero attached hydrogens (tertiary/aromatic N) is 3. The van der Waals surface area contributed by atoms with Crippen molar-refractivity contribution in [1.82, 2.24) is 5.01 Å². The quantitative estimate of drug-likeness (QED) is 0.778. The van der Waals surface area contributed by atoms with Crippen LogP contribution in [0.25, 0.3) is 10.8 Å². The van der Waals surface area contributed by atoms with Crippen molar-refractivity contribution >= 4 is 16.6 Å². The molecule has 0 spiro atoms. The van der Waals surface area contributed by atoms with Gasteiger partial charge in [0.25, 0.3) is 0 Å². The Morgan fingerprint density at radius 1 is 1.28 bits per heavy atom. The molecular weight excluding hydrogens is 226 g/mol. The molecule has 0 saturated heterocycles. The van der Waals surface area contributed by atoms with Crippen molar-refractivity contribution in [2.75, 3.05) is 13.0 Å². The number of nitroso groups, excluding NO2 is 1. The summed E-state index contributed by atoms with van der Waals surface area (Å²) in [5.74, 6) is -0.0126. The van der Waals surface area contributed by atoms with E-state index in [0.717, 1.165) is 16.3 Å². The van der Waals surface area contributed by atoms with Crippen LogP contribution < -0.4 is 0 Å². The number of amidine groups is 1. The Balaban J connectivity index is 2.04. The van der Waals surface area contributed by atoms with Gasteiger partial charge in [0.1, 0.15) is 5.84 Å². The van der Waals surface area contributed by atoms with Gasteiger partial charge in [0, 0.05) is 6.42 Å². The van der Waals surface area contributed by atoms with Crippen molar-refractivity contribution in [3.8, 4) is 0 Å². The second kappa shape index (κ2) is 4.56. The molecule has 0 unspecified atom stereocenters. The molecule has 1 aliphatic heterocycles. The Morgan fingerprint density at radius 3 is 3.00 bits per heavy atom. The summed E-state index contributed by atoms with van der Waals surface area (Å²) in [6.45, 7) is -5.10. The highest BCUT2D eigenvalue weighted by Crippen LogP contribution is 2.20. The summed E-state index contributed by atoms with van der Waals surface area (Å²) in [6.07, 6.45) is 0.131. The highest BCUT2D eigenvalue weighted by Gasteiger charge is 2.18. The molecule has 0 aliphatic carbocycles. The Hall–Kier alpha value is -2.23. The van der Waals surface area contributed by atoms with Crippen LogP contribution in [0.2, 0.25) is 0 Å². The Bertz CT molecular complexity index is 770. The maximum absolute atomic E-state index is 11.0. The van der Waals surface area contributed by atoms with Crippen LogP contribution in [-0.2, 0) is 6.42 Å². The molecule has 18 heavy (non-hydrogen) atoms. The fraction of sp³-hybridized carbons (Fsp3) is 0.214. The van der Waals surface area contributed by atoms with E-state index in [1.807, 2.05) is 42.5 Å². The topological polar surface area (TPSA) is 45.0 Å². The normalized spacial score (nSPS) is 23.8. The summed E-state index contributed by atoms with van der Waals surface area (Å²) in [6, 6.07) is 13.3. The van der Waals surface area contributed by atoms with Crippen LogP contribution in [0.1, 0.15) is 11.0 Å². The van der Waals surface area contributed by atoms with Crippen molar-refractivity contribution in [2.24, 2.45) is 10.3 Å². The Kier molecular flexibility index (Phi) is 1.84. The molecule has 0 N–H and O–H groups in total. The zero-order chi connectivity index (χ0) is 16.0. The number of fused-ring (bicyclic) bond motifs is 1. The first-order valence-electron chi connectivity index (χ1n) is 7.56. The fourth-order valence-electron chi connectivity index (χ4n) is 2.05. The number of hydrogen-bond donors (Lipinski definition) is 0. The molecule has 3 rings (SSSR count). The van der Waals surface area contributed by atoms with Gasteiger partial charge in [-0.2, -0.15) is 0 Å². The predicted octanol–water partition coefficient (Wildman–Crippen LogP) is 2.78. The first-order valence-corrected chi connectivity index (χ1v) is 5.56. The molecule has 0 amide bonds. The van der Waals surface area contributed by atoms with Crippen LogP contribution in [0.4, 0.5) is 0 Å². The summed E-state index contributed by atoms with van der Waals surface area (Å²) in [5.41, 5.74) is 0.832. The second-order valence-electron chi connectivity index (χ2n) is 3.96. The summed E-state index contributed by atoms with van der Waals surface area (Å²) >= 11 is 0. The van der Waals surface area contributed by atoms with E-state index >= 15 is 0 Å². The summed E-state index contributed by atoms with van der Waals surface area (Å²) < 4.78 is 30.7. The lowest BCUT2D eigenvalue weighted by atomic mass is 10.0. The maximum atomic E-state index is 11.0. The van der Waals surface area contributed by atoms with Crippen LogP contribution in [0.5, 0.6) is 0 Å². The number of aliphatic imine (C=N–C) groups is 1. The van der Waals surface area contributed by atoms with Gasteiger partial charge in [0.2, 0.25) is 0 Å². The molecular formula is C14H13N3O. The SMILES string of the molecule is [2H]C1([2H])N=C(Cc2cccc3ccccc23)N(N=O)C1([2H])[2H]. The van der Waals surface area contributed by atoms with Gasteiger partial charge in [-0.25, -0.2) is 5.01 Å². The predicted molar refractivity (Wildman–Crippen MR) is 72.5 cm³/mol. The largest absolute Gasteiger partial charge is 0.268 e. The number of rotatable bonds is 3. The van der Waals surface area contributed by atoms with Gasteiger partial charge in [-0.3, -0.25) is 4.99 Å². The molecule has 0 radical (unpaired) electrons. The van der Waals surface area contributed by atoms with E-state index in [2.05, 4.69) is 10.3 Å². The van der Waals surface area contributed by atoms with Crippen LogP contribution in [-0.4, -0.2) is 23.8 Å². The monoisotopic (exact) mass is 243 g/mol. The van der Waals surface area contributed by atoms with E-state index < -0.39 is 13.0 Å². The van der Waals surface area contributed by atoms with E-state index in [0.29, 0.717) is 5.01 Å². The average molecular weight is 243 g/mol. The molecule has 0 aromatic heterocycles. The number of benzene rings is 2. The minimum Gasteiger partial charge on any atom is -0.268 e. The van der Waals surface area contributed by atoms with Crippen molar-refractivity contribution in [1.29, 1.82) is 0 Å². The summed E-state index contributed by atoms with van der Waals surface area (Å²) in [7, 11) is 0. The Morgan fingerprint density at radius 2 is 2.11 bits per heavy atom. The summed E-state index contributed by atoms with van der Waals surface area (Å²) in [5, 5.41) is 5.09. The zero-order valence-electron chi connectivity index (χ0n) is 13.5. The molecule has 4 heteroatoms. The second-order valence-corrected chi connectivity index (χ2v) is 3.96. The van der Waals surface area contributed by atoms with Gasteiger partial charge in [-0.05, 0) is 16.3 Å². The minimum atomic E-state index is -2.59. The van der Waals surface area contributed by atoms with E-state index in [1.165, 1.54) is 0 Å². The smallest absolute Gasteiger partial charge is 0.127 e. The van der Waals surface area contributed by atoms with Crippen molar-refractivity contribution in [3.63, 3.8) is 0 Å². The molecule has 0 saturated carbocycles. The molecule has 0 fully saturated rings. The molecule has 90 valence electrons. The van der Waals surface area contributed by atoms with Gasteiger partial charge < -0.3 is 0 Å². The molecule has 2 aromatic carbocycles. The van der Waals surface area contributed by atoms with E-state index in [-0.39, 0.29) is 12.3 Å². The molecule has 1 heterocycles. The van der Waals surface area contributed by atoms with Gasteiger partial charge in [0.05, 0.1) is 23.8 Å². The number of hydrogen-bond acceptors (Lipinski definition) is 3. The van der Waals surface area contributed by atoms with Crippen LogP contribution in [0.3, 0.4) is 0 Å². The van der Waals surface area contributed by atoms with E-state index in [1.54, 1.807) is 0 Å². The van der Waals surface area contributed by atoms with Gasteiger partial charge >= 0.3 is 0 Å². The first kappa shape index (κ1) is 7.26. The lowest BCUT2D eigenvalue weighted by Gasteiger charge is -2.11. The van der Waals surface area contributed by atoms with Gasteiger partial charge in [-0.15, -0.1) is 4.91 Å².